The number of anilines is 3. The van der Waals surface area contributed by atoms with Crippen LogP contribution in [0.4, 0.5) is 17.5 Å². The van der Waals surface area contributed by atoms with E-state index in [1.807, 2.05) is 42.5 Å². The Morgan fingerprint density at radius 3 is 2.54 bits per heavy atom. The molecule has 24 heavy (non-hydrogen) atoms. The van der Waals surface area contributed by atoms with Gasteiger partial charge in [-0.25, -0.2) is 4.98 Å². The molecule has 0 bridgehead atoms. The second kappa shape index (κ2) is 6.63. The van der Waals surface area contributed by atoms with Crippen LogP contribution in [0.15, 0.2) is 48.5 Å². The summed E-state index contributed by atoms with van der Waals surface area (Å²) in [5.41, 5.74) is 1.70. The van der Waals surface area contributed by atoms with Gasteiger partial charge in [-0.15, -0.1) is 0 Å². The molecule has 1 saturated heterocycles. The lowest BCUT2D eigenvalue weighted by molar-refractivity contribution is 0.122. The second-order valence-electron chi connectivity index (χ2n) is 5.59. The van der Waals surface area contributed by atoms with Gasteiger partial charge in [-0.2, -0.15) is 4.98 Å². The number of hydrogen-bond acceptors (Lipinski definition) is 5. The standard InChI is InChI=1S/C18H17ClN4O/c19-14-6-2-4-8-16(14)21-18-20-15-7-3-1-5-13(15)17(22-18)23-9-11-24-12-10-23/h1-8H,9-12H2,(H,20,21,22). The zero-order valence-corrected chi connectivity index (χ0v) is 13.8. The molecule has 2 aromatic carbocycles. The van der Waals surface area contributed by atoms with Gasteiger partial charge in [0.25, 0.3) is 0 Å². The lowest BCUT2D eigenvalue weighted by Gasteiger charge is -2.29. The van der Waals surface area contributed by atoms with Gasteiger partial charge in [0.15, 0.2) is 0 Å². The summed E-state index contributed by atoms with van der Waals surface area (Å²) in [6.07, 6.45) is 0. The molecule has 0 unspecified atom stereocenters. The van der Waals surface area contributed by atoms with Crippen molar-refractivity contribution in [1.29, 1.82) is 0 Å². The first-order valence-electron chi connectivity index (χ1n) is 7.92. The molecule has 122 valence electrons. The van der Waals surface area contributed by atoms with Gasteiger partial charge >= 0.3 is 0 Å². The minimum atomic E-state index is 0.545. The van der Waals surface area contributed by atoms with Crippen molar-refractivity contribution in [3.05, 3.63) is 53.6 Å². The number of ether oxygens (including phenoxy) is 1. The van der Waals surface area contributed by atoms with Gasteiger partial charge in [0.05, 0.1) is 29.4 Å². The third kappa shape index (κ3) is 3.00. The summed E-state index contributed by atoms with van der Waals surface area (Å²) in [4.78, 5) is 11.6. The first kappa shape index (κ1) is 15.2. The predicted octanol–water partition coefficient (Wildman–Crippen LogP) is 3.86. The molecule has 0 radical (unpaired) electrons. The molecule has 5 nitrogen and oxygen atoms in total. The van der Waals surface area contributed by atoms with Crippen LogP contribution in [0.1, 0.15) is 0 Å². The van der Waals surface area contributed by atoms with E-state index in [1.54, 1.807) is 0 Å². The zero-order chi connectivity index (χ0) is 16.4. The zero-order valence-electron chi connectivity index (χ0n) is 13.1. The van der Waals surface area contributed by atoms with Crippen molar-refractivity contribution < 1.29 is 4.74 Å². The molecule has 4 rings (SSSR count). The van der Waals surface area contributed by atoms with Crippen molar-refractivity contribution in [1.82, 2.24) is 9.97 Å². The van der Waals surface area contributed by atoms with Crippen LogP contribution in [0.25, 0.3) is 10.9 Å². The number of para-hydroxylation sites is 2. The Hall–Kier alpha value is -2.37. The fourth-order valence-corrected chi connectivity index (χ4v) is 3.00. The van der Waals surface area contributed by atoms with E-state index >= 15 is 0 Å². The molecular formula is C18H17ClN4O. The van der Waals surface area contributed by atoms with E-state index in [2.05, 4.69) is 21.3 Å². The largest absolute Gasteiger partial charge is 0.378 e. The number of hydrogen-bond donors (Lipinski definition) is 1. The maximum absolute atomic E-state index is 6.24. The van der Waals surface area contributed by atoms with E-state index in [-0.39, 0.29) is 0 Å². The van der Waals surface area contributed by atoms with E-state index in [0.717, 1.165) is 35.5 Å². The van der Waals surface area contributed by atoms with Crippen molar-refractivity contribution >= 4 is 40.0 Å². The van der Waals surface area contributed by atoms with Crippen LogP contribution in [-0.2, 0) is 4.74 Å². The number of fused-ring (bicyclic) bond motifs is 1. The normalized spacial score (nSPS) is 14.8. The smallest absolute Gasteiger partial charge is 0.229 e. The van der Waals surface area contributed by atoms with Gasteiger partial charge in [-0.05, 0) is 24.3 Å². The van der Waals surface area contributed by atoms with Crippen molar-refractivity contribution in [2.45, 2.75) is 0 Å². The molecule has 1 aliphatic rings. The highest BCUT2D eigenvalue weighted by Crippen LogP contribution is 2.29. The number of rotatable bonds is 3. The van der Waals surface area contributed by atoms with Gasteiger partial charge in [-0.1, -0.05) is 35.9 Å². The minimum absolute atomic E-state index is 0.545. The van der Waals surface area contributed by atoms with Gasteiger partial charge < -0.3 is 15.0 Å². The number of nitrogens with zero attached hydrogens (tertiary/aromatic N) is 3. The van der Waals surface area contributed by atoms with Gasteiger partial charge in [0.1, 0.15) is 5.82 Å². The Bertz CT molecular complexity index is 865. The summed E-state index contributed by atoms with van der Waals surface area (Å²) in [5, 5.41) is 4.92. The average Bonchev–Trinajstić information content (AvgIpc) is 2.64. The maximum atomic E-state index is 6.24. The van der Waals surface area contributed by atoms with Crippen molar-refractivity contribution in [2.24, 2.45) is 0 Å². The summed E-state index contributed by atoms with van der Waals surface area (Å²) in [7, 11) is 0. The highest BCUT2D eigenvalue weighted by molar-refractivity contribution is 6.33. The van der Waals surface area contributed by atoms with E-state index in [9.17, 15) is 0 Å². The third-order valence-electron chi connectivity index (χ3n) is 4.01. The number of morpholine rings is 1. The molecule has 6 heteroatoms. The summed E-state index contributed by atoms with van der Waals surface area (Å²) >= 11 is 6.24. The van der Waals surface area contributed by atoms with Crippen LogP contribution in [0.5, 0.6) is 0 Å². The SMILES string of the molecule is Clc1ccccc1Nc1nc(N2CCOCC2)c2ccccc2n1. The number of aromatic nitrogens is 2. The fourth-order valence-electron chi connectivity index (χ4n) is 2.81. The summed E-state index contributed by atoms with van der Waals surface area (Å²) in [6.45, 7) is 3.08. The third-order valence-corrected chi connectivity index (χ3v) is 4.34. The molecular weight excluding hydrogens is 324 g/mol. The maximum Gasteiger partial charge on any atom is 0.229 e. The highest BCUT2D eigenvalue weighted by atomic mass is 35.5. The van der Waals surface area contributed by atoms with Crippen LogP contribution < -0.4 is 10.2 Å². The van der Waals surface area contributed by atoms with Gasteiger partial charge in [0.2, 0.25) is 5.95 Å². The number of benzene rings is 2. The van der Waals surface area contributed by atoms with Gasteiger partial charge in [-0.3, -0.25) is 0 Å². The monoisotopic (exact) mass is 340 g/mol. The van der Waals surface area contributed by atoms with Crippen LogP contribution in [0.3, 0.4) is 0 Å². The Labute approximate surface area is 145 Å². The minimum Gasteiger partial charge on any atom is -0.378 e. The molecule has 1 N–H and O–H groups in total. The van der Waals surface area contributed by atoms with Gasteiger partial charge in [0, 0.05) is 18.5 Å². The van der Waals surface area contributed by atoms with E-state index in [1.165, 1.54) is 0 Å². The van der Waals surface area contributed by atoms with Crippen molar-refractivity contribution in [3.8, 4) is 0 Å². The molecule has 0 spiro atoms. The lowest BCUT2D eigenvalue weighted by Crippen LogP contribution is -2.37. The van der Waals surface area contributed by atoms with Crippen molar-refractivity contribution in [2.75, 3.05) is 36.5 Å². The van der Waals surface area contributed by atoms with E-state index in [4.69, 9.17) is 21.3 Å². The molecule has 3 aromatic rings. The lowest BCUT2D eigenvalue weighted by atomic mass is 10.2. The molecule has 0 atom stereocenters. The average molecular weight is 341 g/mol. The quantitative estimate of drug-likeness (QED) is 0.784. The fraction of sp³-hybridized carbons (Fsp3) is 0.222. The topological polar surface area (TPSA) is 50.3 Å². The van der Waals surface area contributed by atoms with Crippen molar-refractivity contribution in [3.63, 3.8) is 0 Å². The molecule has 0 amide bonds. The summed E-state index contributed by atoms with van der Waals surface area (Å²) < 4.78 is 5.46. The molecule has 2 heterocycles. The first-order valence-corrected chi connectivity index (χ1v) is 8.30. The first-order chi connectivity index (χ1) is 11.8. The Balaban J connectivity index is 1.77. The number of halogens is 1. The molecule has 1 fully saturated rings. The second-order valence-corrected chi connectivity index (χ2v) is 6.00. The number of nitrogens with one attached hydrogen (secondary N) is 1. The highest BCUT2D eigenvalue weighted by Gasteiger charge is 2.17. The van der Waals surface area contributed by atoms with Crippen LogP contribution in [0.2, 0.25) is 5.02 Å². The van der Waals surface area contributed by atoms with E-state index < -0.39 is 0 Å². The summed E-state index contributed by atoms with van der Waals surface area (Å²) in [6, 6.07) is 15.6. The Kier molecular flexibility index (Phi) is 4.19. The predicted molar refractivity (Wildman–Crippen MR) is 97.3 cm³/mol. The molecule has 0 aliphatic carbocycles. The van der Waals surface area contributed by atoms with Crippen LogP contribution in [0, 0.1) is 0 Å². The molecule has 0 saturated carbocycles. The Morgan fingerprint density at radius 2 is 1.71 bits per heavy atom. The molecule has 1 aromatic heterocycles. The van der Waals surface area contributed by atoms with E-state index in [0.29, 0.717) is 24.2 Å². The van der Waals surface area contributed by atoms with Crippen LogP contribution >= 0.6 is 11.6 Å². The summed E-state index contributed by atoms with van der Waals surface area (Å²) in [5.74, 6) is 1.47. The van der Waals surface area contributed by atoms with Crippen LogP contribution in [-0.4, -0.2) is 36.3 Å². The Morgan fingerprint density at radius 1 is 0.958 bits per heavy atom. The molecule has 1 aliphatic heterocycles.